The van der Waals surface area contributed by atoms with E-state index in [0.29, 0.717) is 10.7 Å². The zero-order chi connectivity index (χ0) is 16.1. The largest absolute Gasteiger partial charge is 0.343 e. The summed E-state index contributed by atoms with van der Waals surface area (Å²) in [4.78, 5) is 12.0. The fourth-order valence-electron chi connectivity index (χ4n) is 1.89. The molecule has 0 aliphatic carbocycles. The van der Waals surface area contributed by atoms with Crippen LogP contribution in [0, 0.1) is 0 Å². The third-order valence-corrected chi connectivity index (χ3v) is 3.25. The number of carbonyl (C=O) groups excluding carboxylic acids is 1. The van der Waals surface area contributed by atoms with E-state index in [0.717, 1.165) is 0 Å². The van der Waals surface area contributed by atoms with Gasteiger partial charge in [-0.3, -0.25) is 4.79 Å². The van der Waals surface area contributed by atoms with Gasteiger partial charge in [-0.15, -0.1) is 0 Å². The van der Waals surface area contributed by atoms with Gasteiger partial charge in [0.25, 0.3) is 12.3 Å². The van der Waals surface area contributed by atoms with E-state index in [2.05, 4.69) is 10.4 Å². The molecule has 0 bridgehead atoms. The predicted octanol–water partition coefficient (Wildman–Crippen LogP) is 2.24. The van der Waals surface area contributed by atoms with E-state index in [1.807, 2.05) is 0 Å². The SMILES string of the molecule is NCCC(NC(=O)c1cnn(-c2cccc(Cl)c2)c1)C(F)F. The number of nitrogens with one attached hydrogen (secondary N) is 1. The van der Waals surface area contributed by atoms with Crippen LogP contribution in [0.1, 0.15) is 16.8 Å². The molecule has 8 heteroatoms. The van der Waals surface area contributed by atoms with Crippen molar-refractivity contribution in [3.63, 3.8) is 0 Å². The van der Waals surface area contributed by atoms with Gasteiger partial charge in [-0.2, -0.15) is 5.10 Å². The van der Waals surface area contributed by atoms with Crippen LogP contribution in [0.25, 0.3) is 5.69 Å². The molecule has 0 aliphatic heterocycles. The number of carbonyl (C=O) groups is 1. The first-order chi connectivity index (χ1) is 10.5. The summed E-state index contributed by atoms with van der Waals surface area (Å²) in [6.07, 6.45) is 0.0921. The summed E-state index contributed by atoms with van der Waals surface area (Å²) in [5.74, 6) is -0.618. The van der Waals surface area contributed by atoms with Gasteiger partial charge in [-0.1, -0.05) is 17.7 Å². The van der Waals surface area contributed by atoms with Gasteiger partial charge < -0.3 is 11.1 Å². The second-order valence-electron chi connectivity index (χ2n) is 4.65. The highest BCUT2D eigenvalue weighted by molar-refractivity contribution is 6.30. The number of benzene rings is 1. The highest BCUT2D eigenvalue weighted by Gasteiger charge is 2.22. The van der Waals surface area contributed by atoms with Crippen molar-refractivity contribution in [2.75, 3.05) is 6.54 Å². The quantitative estimate of drug-likeness (QED) is 0.854. The number of alkyl halides is 2. The second-order valence-corrected chi connectivity index (χ2v) is 5.08. The minimum atomic E-state index is -2.67. The minimum Gasteiger partial charge on any atom is -0.343 e. The van der Waals surface area contributed by atoms with Crippen LogP contribution in [-0.2, 0) is 0 Å². The van der Waals surface area contributed by atoms with Gasteiger partial charge in [-0.05, 0) is 31.2 Å². The summed E-state index contributed by atoms with van der Waals surface area (Å²) in [5.41, 5.74) is 6.11. The van der Waals surface area contributed by atoms with Crippen molar-refractivity contribution in [2.45, 2.75) is 18.9 Å². The van der Waals surface area contributed by atoms with Crippen LogP contribution in [0.2, 0.25) is 5.02 Å². The highest BCUT2D eigenvalue weighted by atomic mass is 35.5. The lowest BCUT2D eigenvalue weighted by Crippen LogP contribution is -2.41. The van der Waals surface area contributed by atoms with Gasteiger partial charge in [0, 0.05) is 11.2 Å². The number of halogens is 3. The Balaban J connectivity index is 2.12. The molecule has 1 atom stereocenters. The molecule has 0 saturated heterocycles. The van der Waals surface area contributed by atoms with Crippen LogP contribution < -0.4 is 11.1 Å². The van der Waals surface area contributed by atoms with Gasteiger partial charge in [0.15, 0.2) is 0 Å². The van der Waals surface area contributed by atoms with Crippen molar-refractivity contribution in [3.8, 4) is 5.69 Å². The van der Waals surface area contributed by atoms with Gasteiger partial charge in [0.1, 0.15) is 0 Å². The number of hydrogen-bond acceptors (Lipinski definition) is 3. The predicted molar refractivity (Wildman–Crippen MR) is 79.5 cm³/mol. The minimum absolute atomic E-state index is 0.00579. The van der Waals surface area contributed by atoms with E-state index in [1.165, 1.54) is 17.1 Å². The van der Waals surface area contributed by atoms with Crippen molar-refractivity contribution in [1.29, 1.82) is 0 Å². The summed E-state index contributed by atoms with van der Waals surface area (Å²) in [6.45, 7) is 0.0665. The van der Waals surface area contributed by atoms with Crippen LogP contribution in [-0.4, -0.2) is 34.7 Å². The molecule has 1 aromatic heterocycles. The zero-order valence-corrected chi connectivity index (χ0v) is 12.3. The van der Waals surface area contributed by atoms with Gasteiger partial charge >= 0.3 is 0 Å². The van der Waals surface area contributed by atoms with Crippen LogP contribution in [0.4, 0.5) is 8.78 Å². The number of hydrogen-bond donors (Lipinski definition) is 2. The average molecular weight is 329 g/mol. The molecule has 0 spiro atoms. The number of aromatic nitrogens is 2. The van der Waals surface area contributed by atoms with Crippen molar-refractivity contribution in [2.24, 2.45) is 5.73 Å². The Morgan fingerprint density at radius 3 is 2.86 bits per heavy atom. The maximum atomic E-state index is 12.8. The molecule has 0 fully saturated rings. The topological polar surface area (TPSA) is 72.9 Å². The Morgan fingerprint density at radius 2 is 2.23 bits per heavy atom. The first-order valence-corrected chi connectivity index (χ1v) is 6.98. The lowest BCUT2D eigenvalue weighted by molar-refractivity contribution is 0.0731. The van der Waals surface area contributed by atoms with Crippen molar-refractivity contribution in [3.05, 3.63) is 47.2 Å². The van der Waals surface area contributed by atoms with Crippen LogP contribution in [0.3, 0.4) is 0 Å². The van der Waals surface area contributed by atoms with Crippen LogP contribution >= 0.6 is 11.6 Å². The van der Waals surface area contributed by atoms with E-state index in [1.54, 1.807) is 24.3 Å². The van der Waals surface area contributed by atoms with Gasteiger partial charge in [-0.25, -0.2) is 13.5 Å². The lowest BCUT2D eigenvalue weighted by atomic mass is 10.2. The number of rotatable bonds is 6. The van der Waals surface area contributed by atoms with Crippen molar-refractivity contribution in [1.82, 2.24) is 15.1 Å². The molecule has 1 amide bonds. The summed E-state index contributed by atoms with van der Waals surface area (Å²) >= 11 is 5.89. The Labute approximate surface area is 131 Å². The fraction of sp³-hybridized carbons (Fsp3) is 0.286. The molecule has 3 N–H and O–H groups in total. The molecule has 1 unspecified atom stereocenters. The third-order valence-electron chi connectivity index (χ3n) is 3.02. The third kappa shape index (κ3) is 4.02. The Hall–Kier alpha value is -1.99. The Bertz CT molecular complexity index is 647. The molecule has 0 radical (unpaired) electrons. The molecular weight excluding hydrogens is 314 g/mol. The maximum Gasteiger partial charge on any atom is 0.258 e. The first kappa shape index (κ1) is 16.4. The monoisotopic (exact) mass is 328 g/mol. The number of nitrogens with two attached hydrogens (primary N) is 1. The maximum absolute atomic E-state index is 12.8. The summed E-state index contributed by atoms with van der Waals surface area (Å²) < 4.78 is 27.0. The van der Waals surface area contributed by atoms with E-state index in [4.69, 9.17) is 17.3 Å². The molecule has 1 aromatic carbocycles. The standard InChI is InChI=1S/C14H15ClF2N4O/c15-10-2-1-3-11(6-10)21-8-9(7-19-21)14(22)20-12(4-5-18)13(16)17/h1-3,6-8,12-13H,4-5,18H2,(H,20,22). The summed E-state index contributed by atoms with van der Waals surface area (Å²) in [7, 11) is 0. The normalized spacial score (nSPS) is 12.4. The first-order valence-electron chi connectivity index (χ1n) is 6.61. The van der Waals surface area contributed by atoms with E-state index in [9.17, 15) is 13.6 Å². The number of nitrogens with zero attached hydrogens (tertiary/aromatic N) is 2. The van der Waals surface area contributed by atoms with E-state index < -0.39 is 18.4 Å². The molecular formula is C14H15ClF2N4O. The molecule has 118 valence electrons. The molecule has 0 saturated carbocycles. The molecule has 1 heterocycles. The van der Waals surface area contributed by atoms with Crippen molar-refractivity contribution >= 4 is 17.5 Å². The van der Waals surface area contributed by atoms with Crippen LogP contribution in [0.5, 0.6) is 0 Å². The zero-order valence-electron chi connectivity index (χ0n) is 11.5. The Kier molecular flexibility index (Phi) is 5.46. The smallest absolute Gasteiger partial charge is 0.258 e. The number of amides is 1. The van der Waals surface area contributed by atoms with Crippen molar-refractivity contribution < 1.29 is 13.6 Å². The molecule has 5 nitrogen and oxygen atoms in total. The van der Waals surface area contributed by atoms with Crippen LogP contribution in [0.15, 0.2) is 36.7 Å². The second kappa shape index (κ2) is 7.33. The Morgan fingerprint density at radius 1 is 1.45 bits per heavy atom. The highest BCUT2D eigenvalue weighted by Crippen LogP contribution is 2.15. The molecule has 0 aliphatic rings. The van der Waals surface area contributed by atoms with Gasteiger partial charge in [0.05, 0.1) is 23.5 Å². The molecule has 22 heavy (non-hydrogen) atoms. The lowest BCUT2D eigenvalue weighted by Gasteiger charge is -2.16. The van der Waals surface area contributed by atoms with E-state index in [-0.39, 0.29) is 18.5 Å². The molecule has 2 rings (SSSR count). The van der Waals surface area contributed by atoms with Gasteiger partial charge in [0.2, 0.25) is 0 Å². The fourth-order valence-corrected chi connectivity index (χ4v) is 2.08. The van der Waals surface area contributed by atoms with E-state index >= 15 is 0 Å². The summed E-state index contributed by atoms with van der Waals surface area (Å²) in [6, 6.07) is 5.62. The summed E-state index contributed by atoms with van der Waals surface area (Å²) in [5, 5.41) is 6.82. The average Bonchev–Trinajstić information content (AvgIpc) is 2.96. The molecule has 2 aromatic rings.